The zero-order chi connectivity index (χ0) is 13.8. The molecule has 0 spiro atoms. The molecule has 19 heavy (non-hydrogen) atoms. The normalized spacial score (nSPS) is 11.6. The van der Waals surface area contributed by atoms with Gasteiger partial charge in [-0.1, -0.05) is 11.6 Å². The lowest BCUT2D eigenvalue weighted by atomic mass is 10.0. The van der Waals surface area contributed by atoms with E-state index >= 15 is 0 Å². The second-order valence-electron chi connectivity index (χ2n) is 3.76. The van der Waals surface area contributed by atoms with E-state index in [1.54, 1.807) is 12.1 Å². The molecule has 0 amide bonds. The minimum atomic E-state index is -0.563. The molecule has 0 aliphatic rings. The summed E-state index contributed by atoms with van der Waals surface area (Å²) in [6.07, 6.45) is 3.08. The first kappa shape index (κ1) is 13.1. The summed E-state index contributed by atoms with van der Waals surface area (Å²) in [6.45, 7) is 0. The molecule has 0 radical (unpaired) electrons. The molecule has 0 atom stereocenters. The maximum Gasteiger partial charge on any atom is 0.134 e. The Morgan fingerprint density at radius 2 is 1.95 bits per heavy atom. The molecule has 2 aromatic rings. The topological polar surface area (TPSA) is 62.7 Å². The lowest BCUT2D eigenvalue weighted by Gasteiger charge is -2.07. The monoisotopic (exact) mass is 273 g/mol. The minimum absolute atomic E-state index is 0.0721. The number of halogens is 2. The van der Waals surface area contributed by atoms with Gasteiger partial charge in [0, 0.05) is 23.0 Å². The first-order valence-electron chi connectivity index (χ1n) is 5.39. The van der Waals surface area contributed by atoms with Crippen molar-refractivity contribution in [2.45, 2.75) is 0 Å². The van der Waals surface area contributed by atoms with Crippen molar-refractivity contribution < 1.29 is 4.39 Å². The fourth-order valence-corrected chi connectivity index (χ4v) is 1.80. The highest BCUT2D eigenvalue weighted by Crippen LogP contribution is 2.25. The summed E-state index contributed by atoms with van der Waals surface area (Å²) in [5.41, 5.74) is 6.89. The van der Waals surface area contributed by atoms with E-state index in [1.807, 2.05) is 6.07 Å². The minimum Gasteiger partial charge on any atom is -0.397 e. The number of rotatable bonds is 2. The second-order valence-corrected chi connectivity index (χ2v) is 4.20. The fraction of sp³-hybridized carbons (Fsp3) is 0. The highest BCUT2D eigenvalue weighted by Gasteiger charge is 2.12. The van der Waals surface area contributed by atoms with Gasteiger partial charge >= 0.3 is 0 Å². The average Bonchev–Trinajstić information content (AvgIpc) is 2.40. The van der Waals surface area contributed by atoms with E-state index in [1.165, 1.54) is 24.5 Å². The Hall–Kier alpha value is -2.38. The molecule has 1 aromatic carbocycles. The molecule has 0 saturated heterocycles. The van der Waals surface area contributed by atoms with Crippen molar-refractivity contribution in [1.82, 2.24) is 4.98 Å². The van der Waals surface area contributed by atoms with Gasteiger partial charge in [0.25, 0.3) is 0 Å². The van der Waals surface area contributed by atoms with Gasteiger partial charge < -0.3 is 5.73 Å². The van der Waals surface area contributed by atoms with Gasteiger partial charge in [0.2, 0.25) is 0 Å². The Labute approximate surface area is 114 Å². The SMILES string of the molecule is N#C/C(=C(/N)c1ccc(Cl)cc1F)c1ccncc1. The molecule has 94 valence electrons. The van der Waals surface area contributed by atoms with Gasteiger partial charge in [-0.15, -0.1) is 0 Å². The number of allylic oxidation sites excluding steroid dienone is 1. The van der Waals surface area contributed by atoms with Crippen LogP contribution in [0.15, 0.2) is 42.7 Å². The van der Waals surface area contributed by atoms with Gasteiger partial charge in [0.15, 0.2) is 0 Å². The quantitative estimate of drug-likeness (QED) is 0.855. The highest BCUT2D eigenvalue weighted by atomic mass is 35.5. The molecule has 0 fully saturated rings. The van der Waals surface area contributed by atoms with E-state index in [0.29, 0.717) is 5.56 Å². The van der Waals surface area contributed by atoms with Crippen molar-refractivity contribution in [3.8, 4) is 6.07 Å². The first-order chi connectivity index (χ1) is 9.13. The predicted molar refractivity (Wildman–Crippen MR) is 72.3 cm³/mol. The molecule has 1 aromatic heterocycles. The summed E-state index contributed by atoms with van der Waals surface area (Å²) in [4.78, 5) is 3.86. The van der Waals surface area contributed by atoms with Crippen LogP contribution in [0.25, 0.3) is 11.3 Å². The van der Waals surface area contributed by atoms with Crippen molar-refractivity contribution >= 4 is 22.9 Å². The molecule has 0 unspecified atom stereocenters. The molecule has 5 heteroatoms. The van der Waals surface area contributed by atoms with Gasteiger partial charge in [0.05, 0.1) is 11.3 Å². The number of nitrogens with zero attached hydrogens (tertiary/aromatic N) is 2. The third kappa shape index (κ3) is 2.72. The van der Waals surface area contributed by atoms with E-state index < -0.39 is 5.82 Å². The maximum absolute atomic E-state index is 13.8. The lowest BCUT2D eigenvalue weighted by Crippen LogP contribution is -2.03. The smallest absolute Gasteiger partial charge is 0.134 e. The average molecular weight is 274 g/mol. The molecule has 0 bridgehead atoms. The van der Waals surface area contributed by atoms with Crippen LogP contribution in [0, 0.1) is 17.1 Å². The predicted octanol–water partition coefficient (Wildman–Crippen LogP) is 3.22. The third-order valence-corrected chi connectivity index (χ3v) is 2.81. The van der Waals surface area contributed by atoms with Crippen molar-refractivity contribution in [3.63, 3.8) is 0 Å². The van der Waals surface area contributed by atoms with Crippen LogP contribution in [0.3, 0.4) is 0 Å². The number of aromatic nitrogens is 1. The third-order valence-electron chi connectivity index (χ3n) is 2.57. The molecular formula is C14H9ClFN3. The van der Waals surface area contributed by atoms with Crippen molar-refractivity contribution in [3.05, 3.63) is 64.7 Å². The molecule has 2 rings (SSSR count). The van der Waals surface area contributed by atoms with Gasteiger partial charge in [-0.25, -0.2) is 4.39 Å². The summed E-state index contributed by atoms with van der Waals surface area (Å²) in [5.74, 6) is -0.563. The highest BCUT2D eigenvalue weighted by molar-refractivity contribution is 6.30. The van der Waals surface area contributed by atoms with Crippen LogP contribution in [0.5, 0.6) is 0 Å². The largest absolute Gasteiger partial charge is 0.397 e. The molecular weight excluding hydrogens is 265 g/mol. The van der Waals surface area contributed by atoms with E-state index in [2.05, 4.69) is 4.98 Å². The summed E-state index contributed by atoms with van der Waals surface area (Å²) in [5, 5.41) is 9.47. The van der Waals surface area contributed by atoms with E-state index in [0.717, 1.165) is 6.07 Å². The van der Waals surface area contributed by atoms with Crippen molar-refractivity contribution in [1.29, 1.82) is 5.26 Å². The van der Waals surface area contributed by atoms with Crippen molar-refractivity contribution in [2.75, 3.05) is 0 Å². The zero-order valence-corrected chi connectivity index (χ0v) is 10.5. The van der Waals surface area contributed by atoms with Crippen LogP contribution < -0.4 is 5.73 Å². The summed E-state index contributed by atoms with van der Waals surface area (Å²) in [6, 6.07) is 9.39. The van der Waals surface area contributed by atoms with Gasteiger partial charge in [0.1, 0.15) is 11.9 Å². The van der Waals surface area contributed by atoms with E-state index in [-0.39, 0.29) is 21.9 Å². The molecule has 3 nitrogen and oxygen atoms in total. The zero-order valence-electron chi connectivity index (χ0n) is 9.77. The molecule has 0 saturated carbocycles. The Kier molecular flexibility index (Phi) is 3.79. The van der Waals surface area contributed by atoms with Crippen LogP contribution in [-0.4, -0.2) is 4.98 Å². The number of benzene rings is 1. The van der Waals surface area contributed by atoms with Crippen LogP contribution in [0.4, 0.5) is 4.39 Å². The summed E-state index contributed by atoms with van der Waals surface area (Å²) < 4.78 is 13.8. The standard InChI is InChI=1S/C14H9ClFN3/c15-10-1-2-11(13(16)7-10)14(18)12(8-17)9-3-5-19-6-4-9/h1-7H,18H2/b14-12-. The van der Waals surface area contributed by atoms with Crippen LogP contribution in [0.1, 0.15) is 11.1 Å². The van der Waals surface area contributed by atoms with E-state index in [4.69, 9.17) is 17.3 Å². The maximum atomic E-state index is 13.8. The van der Waals surface area contributed by atoms with Crippen LogP contribution >= 0.6 is 11.6 Å². The van der Waals surface area contributed by atoms with Crippen molar-refractivity contribution in [2.24, 2.45) is 5.73 Å². The molecule has 0 aliphatic carbocycles. The summed E-state index contributed by atoms with van der Waals surface area (Å²) in [7, 11) is 0. The van der Waals surface area contributed by atoms with Gasteiger partial charge in [-0.05, 0) is 35.9 Å². The Morgan fingerprint density at radius 1 is 1.26 bits per heavy atom. The molecule has 1 heterocycles. The molecule has 0 aliphatic heterocycles. The number of pyridine rings is 1. The number of nitrogens with two attached hydrogens (primary N) is 1. The van der Waals surface area contributed by atoms with Crippen LogP contribution in [0.2, 0.25) is 5.02 Å². The number of hydrogen-bond acceptors (Lipinski definition) is 3. The van der Waals surface area contributed by atoms with Gasteiger partial charge in [-0.3, -0.25) is 4.98 Å². The first-order valence-corrected chi connectivity index (χ1v) is 5.77. The lowest BCUT2D eigenvalue weighted by molar-refractivity contribution is 0.624. The number of nitriles is 1. The van der Waals surface area contributed by atoms with Crippen LogP contribution in [-0.2, 0) is 0 Å². The summed E-state index contributed by atoms with van der Waals surface area (Å²) >= 11 is 5.68. The van der Waals surface area contributed by atoms with E-state index in [9.17, 15) is 9.65 Å². The second kappa shape index (κ2) is 5.51. The molecule has 2 N–H and O–H groups in total. The number of hydrogen-bond donors (Lipinski definition) is 1. The fourth-order valence-electron chi connectivity index (χ4n) is 1.64. The Balaban J connectivity index is 2.59. The van der Waals surface area contributed by atoms with Gasteiger partial charge in [-0.2, -0.15) is 5.26 Å². The Morgan fingerprint density at radius 3 is 2.53 bits per heavy atom. The Bertz CT molecular complexity index is 675.